The lowest BCUT2D eigenvalue weighted by atomic mass is 10.0. The lowest BCUT2D eigenvalue weighted by molar-refractivity contribution is -0.130. The monoisotopic (exact) mass is 347 g/mol. The van der Waals surface area contributed by atoms with Crippen molar-refractivity contribution < 1.29 is 9.90 Å². The molecule has 1 amide bonds. The average molecular weight is 348 g/mol. The fourth-order valence-corrected chi connectivity index (χ4v) is 3.41. The maximum atomic E-state index is 11.9. The Morgan fingerprint density at radius 1 is 1.38 bits per heavy atom. The Hall–Kier alpha value is -1.69. The highest BCUT2D eigenvalue weighted by Crippen LogP contribution is 2.26. The van der Waals surface area contributed by atoms with E-state index in [0.29, 0.717) is 31.1 Å². The van der Waals surface area contributed by atoms with Gasteiger partial charge in [-0.3, -0.25) is 14.7 Å². The summed E-state index contributed by atoms with van der Waals surface area (Å²) in [4.78, 5) is 20.1. The van der Waals surface area contributed by atoms with Crippen molar-refractivity contribution in [3.63, 3.8) is 0 Å². The quantitative estimate of drug-likeness (QED) is 0.920. The second-order valence-electron chi connectivity index (χ2n) is 6.64. The van der Waals surface area contributed by atoms with E-state index in [4.69, 9.17) is 11.6 Å². The van der Waals surface area contributed by atoms with Crippen molar-refractivity contribution in [2.24, 2.45) is 5.92 Å². The molecule has 24 heavy (non-hydrogen) atoms. The Morgan fingerprint density at radius 2 is 2.17 bits per heavy atom. The van der Waals surface area contributed by atoms with Crippen LogP contribution in [0, 0.1) is 5.92 Å². The maximum absolute atomic E-state index is 11.9. The smallest absolute Gasteiger partial charge is 0.222 e. The number of pyridine rings is 1. The van der Waals surface area contributed by atoms with Gasteiger partial charge in [-0.2, -0.15) is 0 Å². The molecule has 0 radical (unpaired) electrons. The lowest BCUT2D eigenvalue weighted by Gasteiger charge is -2.17. The molecule has 1 aromatic carbocycles. The highest BCUT2D eigenvalue weighted by atomic mass is 35.5. The Kier molecular flexibility index (Phi) is 5.04. The maximum Gasteiger partial charge on any atom is 0.222 e. The van der Waals surface area contributed by atoms with Crippen molar-refractivity contribution >= 4 is 28.3 Å². The minimum atomic E-state index is -0.474. The zero-order chi connectivity index (χ0) is 17.3. The molecule has 1 aromatic heterocycles. The van der Waals surface area contributed by atoms with Crippen molar-refractivity contribution in [3.05, 3.63) is 41.2 Å². The lowest BCUT2D eigenvalue weighted by Crippen LogP contribution is -2.28. The van der Waals surface area contributed by atoms with Gasteiger partial charge in [0.25, 0.3) is 0 Å². The summed E-state index contributed by atoms with van der Waals surface area (Å²) in [6, 6.07) is 7.73. The molecule has 1 fully saturated rings. The predicted molar refractivity (Wildman–Crippen MR) is 94.8 cm³/mol. The molecule has 5 nitrogen and oxygen atoms in total. The standard InChI is InChI=1S/C18H22ClN3O2/c1-21(2)18(24)8-13-9-22(11-17(13)23)10-16-15-4-3-14(19)7-12(15)5-6-20-16/h3-7,13,17,23H,8-11H2,1-2H3/t13-,17-/m1/s1. The van der Waals surface area contributed by atoms with Crippen LogP contribution in [-0.4, -0.2) is 59.1 Å². The number of fused-ring (bicyclic) bond motifs is 1. The van der Waals surface area contributed by atoms with Gasteiger partial charge >= 0.3 is 0 Å². The van der Waals surface area contributed by atoms with Crippen LogP contribution in [0.3, 0.4) is 0 Å². The first-order valence-electron chi connectivity index (χ1n) is 8.08. The molecule has 0 bridgehead atoms. The number of likely N-dealkylation sites (tertiary alicyclic amines) is 1. The fourth-order valence-electron chi connectivity index (χ4n) is 3.23. The minimum absolute atomic E-state index is 0.0238. The molecule has 0 saturated carbocycles. The van der Waals surface area contributed by atoms with E-state index >= 15 is 0 Å². The first-order chi connectivity index (χ1) is 11.4. The highest BCUT2D eigenvalue weighted by molar-refractivity contribution is 6.31. The van der Waals surface area contributed by atoms with Crippen molar-refractivity contribution in [2.75, 3.05) is 27.2 Å². The number of nitrogens with zero attached hydrogens (tertiary/aromatic N) is 3. The molecule has 2 heterocycles. The van der Waals surface area contributed by atoms with Crippen LogP contribution in [0.15, 0.2) is 30.5 Å². The van der Waals surface area contributed by atoms with Gasteiger partial charge in [0.05, 0.1) is 11.8 Å². The number of β-amino-alcohol motifs (C(OH)–C–C–N with tert-alkyl or cyclic N) is 1. The van der Waals surface area contributed by atoms with E-state index in [1.54, 1.807) is 25.2 Å². The van der Waals surface area contributed by atoms with Crippen LogP contribution in [0.4, 0.5) is 0 Å². The van der Waals surface area contributed by atoms with E-state index in [-0.39, 0.29) is 11.8 Å². The number of aromatic nitrogens is 1. The number of halogens is 1. The molecular formula is C18H22ClN3O2. The van der Waals surface area contributed by atoms with Gasteiger partial charge in [-0.15, -0.1) is 0 Å². The number of carbonyl (C=O) groups is 1. The van der Waals surface area contributed by atoms with Crippen LogP contribution in [-0.2, 0) is 11.3 Å². The first kappa shape index (κ1) is 17.1. The number of hydrogen-bond acceptors (Lipinski definition) is 4. The minimum Gasteiger partial charge on any atom is -0.391 e. The van der Waals surface area contributed by atoms with E-state index in [9.17, 15) is 9.90 Å². The molecule has 1 N–H and O–H groups in total. The highest BCUT2D eigenvalue weighted by Gasteiger charge is 2.33. The van der Waals surface area contributed by atoms with Gasteiger partial charge in [0.2, 0.25) is 5.91 Å². The summed E-state index contributed by atoms with van der Waals surface area (Å²) in [6.07, 6.45) is 1.69. The topological polar surface area (TPSA) is 56.7 Å². The molecule has 0 spiro atoms. The van der Waals surface area contributed by atoms with Crippen LogP contribution in [0.25, 0.3) is 10.8 Å². The molecule has 6 heteroatoms. The second-order valence-corrected chi connectivity index (χ2v) is 7.07. The fraction of sp³-hybridized carbons (Fsp3) is 0.444. The summed E-state index contributed by atoms with van der Waals surface area (Å²) >= 11 is 6.05. The molecule has 0 unspecified atom stereocenters. The van der Waals surface area contributed by atoms with Crippen molar-refractivity contribution in [2.45, 2.75) is 19.1 Å². The van der Waals surface area contributed by atoms with E-state index in [1.165, 1.54) is 0 Å². The number of aliphatic hydroxyl groups excluding tert-OH is 1. The first-order valence-corrected chi connectivity index (χ1v) is 8.45. The second kappa shape index (κ2) is 7.05. The van der Waals surface area contributed by atoms with Gasteiger partial charge in [0, 0.05) is 62.7 Å². The average Bonchev–Trinajstić information content (AvgIpc) is 2.86. The molecule has 128 valence electrons. The molecule has 2 aromatic rings. The number of amides is 1. The van der Waals surface area contributed by atoms with E-state index < -0.39 is 6.10 Å². The Morgan fingerprint density at radius 3 is 2.92 bits per heavy atom. The molecule has 1 aliphatic heterocycles. The zero-order valence-corrected chi connectivity index (χ0v) is 14.7. The summed E-state index contributed by atoms with van der Waals surface area (Å²) in [5.41, 5.74) is 0.968. The van der Waals surface area contributed by atoms with Gasteiger partial charge in [-0.05, 0) is 23.6 Å². The third-order valence-electron chi connectivity index (χ3n) is 4.60. The molecule has 3 rings (SSSR count). The number of hydrogen-bond donors (Lipinski definition) is 1. The van der Waals surface area contributed by atoms with Crippen LogP contribution in [0.1, 0.15) is 12.1 Å². The van der Waals surface area contributed by atoms with Crippen LogP contribution in [0.5, 0.6) is 0 Å². The van der Waals surface area contributed by atoms with Crippen molar-refractivity contribution in [1.82, 2.24) is 14.8 Å². The molecular weight excluding hydrogens is 326 g/mol. The summed E-state index contributed by atoms with van der Waals surface area (Å²) in [6.45, 7) is 1.92. The molecule has 0 aliphatic carbocycles. The van der Waals surface area contributed by atoms with Gasteiger partial charge in [0.15, 0.2) is 0 Å². The summed E-state index contributed by atoms with van der Waals surface area (Å²) < 4.78 is 0. The van der Waals surface area contributed by atoms with Crippen LogP contribution in [0.2, 0.25) is 5.02 Å². The number of carbonyl (C=O) groups excluding carboxylic acids is 1. The largest absolute Gasteiger partial charge is 0.391 e. The predicted octanol–water partition coefficient (Wildman–Crippen LogP) is 2.16. The third-order valence-corrected chi connectivity index (χ3v) is 4.84. The number of rotatable bonds is 4. The number of aliphatic hydroxyl groups is 1. The Labute approximate surface area is 146 Å². The van der Waals surface area contributed by atoms with E-state index in [0.717, 1.165) is 16.5 Å². The number of benzene rings is 1. The zero-order valence-electron chi connectivity index (χ0n) is 13.9. The molecule has 1 saturated heterocycles. The summed E-state index contributed by atoms with van der Waals surface area (Å²) in [5.74, 6) is 0.0307. The molecule has 2 atom stereocenters. The van der Waals surface area contributed by atoms with Crippen molar-refractivity contribution in [1.29, 1.82) is 0 Å². The molecule has 1 aliphatic rings. The van der Waals surface area contributed by atoms with Gasteiger partial charge in [-0.25, -0.2) is 0 Å². The summed E-state index contributed by atoms with van der Waals surface area (Å²) in [7, 11) is 3.49. The van der Waals surface area contributed by atoms with Crippen LogP contribution < -0.4 is 0 Å². The van der Waals surface area contributed by atoms with Gasteiger partial charge < -0.3 is 10.0 Å². The summed E-state index contributed by atoms with van der Waals surface area (Å²) in [5, 5.41) is 13.1. The van der Waals surface area contributed by atoms with Gasteiger partial charge in [0.1, 0.15) is 0 Å². The SMILES string of the molecule is CN(C)C(=O)C[C@@H]1CN(Cc2nccc3cc(Cl)ccc23)C[C@H]1O. The van der Waals surface area contributed by atoms with Crippen molar-refractivity contribution in [3.8, 4) is 0 Å². The van der Waals surface area contributed by atoms with Gasteiger partial charge in [-0.1, -0.05) is 17.7 Å². The normalized spacial score (nSPS) is 21.3. The Bertz CT molecular complexity index is 750. The van der Waals surface area contributed by atoms with Crippen LogP contribution >= 0.6 is 11.6 Å². The third kappa shape index (κ3) is 3.69. The van der Waals surface area contributed by atoms with E-state index in [1.807, 2.05) is 24.3 Å². The Balaban J connectivity index is 1.72. The van der Waals surface area contributed by atoms with E-state index in [2.05, 4.69) is 9.88 Å².